The number of nitrogens with one attached hydrogen (secondary N) is 2. The van der Waals surface area contributed by atoms with Crippen LogP contribution in [0, 0.1) is 11.6 Å². The van der Waals surface area contributed by atoms with Crippen LogP contribution in [0.5, 0.6) is 5.75 Å². The molecule has 1 heterocycles. The summed E-state index contributed by atoms with van der Waals surface area (Å²) in [5.41, 5.74) is 4.06. The fourth-order valence-electron chi connectivity index (χ4n) is 2.82. The van der Waals surface area contributed by atoms with Gasteiger partial charge in [0.25, 0.3) is 11.8 Å². The van der Waals surface area contributed by atoms with Gasteiger partial charge in [0, 0.05) is 18.7 Å². The number of rotatable bonds is 6. The van der Waals surface area contributed by atoms with Crippen molar-refractivity contribution in [2.45, 2.75) is 17.7 Å². The van der Waals surface area contributed by atoms with Crippen molar-refractivity contribution < 1.29 is 31.5 Å². The summed E-state index contributed by atoms with van der Waals surface area (Å²) in [7, 11) is -4.05. The van der Waals surface area contributed by atoms with Gasteiger partial charge in [-0.15, -0.1) is 0 Å². The third-order valence-corrected chi connectivity index (χ3v) is 6.29. The molecule has 0 bridgehead atoms. The van der Waals surface area contributed by atoms with E-state index >= 15 is 0 Å². The summed E-state index contributed by atoms with van der Waals surface area (Å²) in [6.45, 7) is 0.133. The summed E-state index contributed by atoms with van der Waals surface area (Å²) < 4.78 is 58.4. The van der Waals surface area contributed by atoms with E-state index in [4.69, 9.17) is 4.74 Å². The molecular formula is C19H19F2N3O5S. The molecule has 11 heteroatoms. The maximum Gasteiger partial charge on any atom is 0.276 e. The Morgan fingerprint density at radius 3 is 2.33 bits per heavy atom. The van der Waals surface area contributed by atoms with Gasteiger partial charge in [-0.2, -0.15) is 4.31 Å². The lowest BCUT2D eigenvalue weighted by Crippen LogP contribution is -2.43. The number of carbonyl (C=O) groups is 2. The number of carbonyl (C=O) groups excluding carboxylic acids is 2. The van der Waals surface area contributed by atoms with Crippen molar-refractivity contribution in [3.05, 3.63) is 59.7 Å². The predicted molar refractivity (Wildman–Crippen MR) is 102 cm³/mol. The molecule has 0 atom stereocenters. The van der Waals surface area contributed by atoms with Gasteiger partial charge >= 0.3 is 0 Å². The Hall–Kier alpha value is -3.05. The maximum atomic E-state index is 14.1. The van der Waals surface area contributed by atoms with E-state index in [9.17, 15) is 26.8 Å². The molecule has 1 aliphatic heterocycles. The second-order valence-electron chi connectivity index (χ2n) is 6.50. The summed E-state index contributed by atoms with van der Waals surface area (Å²) in [5.74, 6) is -2.70. The highest BCUT2D eigenvalue weighted by molar-refractivity contribution is 7.89. The van der Waals surface area contributed by atoms with Gasteiger partial charge < -0.3 is 4.74 Å². The number of sulfonamides is 1. The van der Waals surface area contributed by atoms with Crippen LogP contribution in [0.15, 0.2) is 47.4 Å². The summed E-state index contributed by atoms with van der Waals surface area (Å²) in [6, 6.07) is 7.92. The third-order valence-electron chi connectivity index (χ3n) is 4.38. The maximum absolute atomic E-state index is 14.1. The Balaban J connectivity index is 1.60. The lowest BCUT2D eigenvalue weighted by molar-refractivity contribution is -0.123. The first-order chi connectivity index (χ1) is 14.3. The molecular weight excluding hydrogens is 420 g/mol. The topological polar surface area (TPSA) is 105 Å². The Bertz CT molecular complexity index is 1040. The highest BCUT2D eigenvalue weighted by Gasteiger charge is 2.30. The van der Waals surface area contributed by atoms with Crippen LogP contribution in [-0.2, 0) is 14.8 Å². The average Bonchev–Trinajstić information content (AvgIpc) is 3.27. The largest absolute Gasteiger partial charge is 0.484 e. The van der Waals surface area contributed by atoms with Crippen LogP contribution >= 0.6 is 0 Å². The van der Waals surface area contributed by atoms with Crippen molar-refractivity contribution >= 4 is 21.8 Å². The third kappa shape index (κ3) is 5.10. The Labute approximate surface area is 171 Å². The first kappa shape index (κ1) is 21.7. The van der Waals surface area contributed by atoms with Crippen molar-refractivity contribution in [2.75, 3.05) is 19.7 Å². The number of nitrogens with zero attached hydrogens (tertiary/aromatic N) is 1. The molecule has 0 saturated carbocycles. The summed E-state index contributed by atoms with van der Waals surface area (Å²) in [4.78, 5) is 23.4. The highest BCUT2D eigenvalue weighted by Crippen LogP contribution is 2.24. The van der Waals surface area contributed by atoms with E-state index < -0.39 is 45.0 Å². The van der Waals surface area contributed by atoms with Crippen molar-refractivity contribution in [3.8, 4) is 5.75 Å². The molecule has 0 aliphatic carbocycles. The van der Waals surface area contributed by atoms with Crippen LogP contribution in [0.3, 0.4) is 0 Å². The van der Waals surface area contributed by atoms with Gasteiger partial charge in [0.2, 0.25) is 10.0 Å². The molecule has 1 aliphatic rings. The number of hydrazine groups is 1. The fraction of sp³-hybridized carbons (Fsp3) is 0.263. The molecule has 2 aromatic rings. The van der Waals surface area contributed by atoms with Gasteiger partial charge in [-0.25, -0.2) is 17.2 Å². The number of ether oxygens (including phenoxy) is 1. The van der Waals surface area contributed by atoms with Crippen LogP contribution in [-0.4, -0.2) is 44.2 Å². The van der Waals surface area contributed by atoms with Crippen LogP contribution in [0.2, 0.25) is 0 Å². The molecule has 0 spiro atoms. The van der Waals surface area contributed by atoms with E-state index in [-0.39, 0.29) is 11.3 Å². The van der Waals surface area contributed by atoms with Gasteiger partial charge in [-0.3, -0.25) is 20.4 Å². The van der Waals surface area contributed by atoms with Gasteiger partial charge in [0.05, 0.1) is 0 Å². The quantitative estimate of drug-likeness (QED) is 0.666. The van der Waals surface area contributed by atoms with Gasteiger partial charge in [-0.1, -0.05) is 0 Å². The fourth-order valence-corrected chi connectivity index (χ4v) is 4.43. The summed E-state index contributed by atoms with van der Waals surface area (Å²) in [6.07, 6.45) is 1.38. The molecule has 2 aromatic carbocycles. The SMILES string of the molecule is O=C(COc1ccc(F)cc1)NNC(=O)c1ccc(F)c(S(=O)(=O)N2CCCC2)c1. The highest BCUT2D eigenvalue weighted by atomic mass is 32.2. The minimum atomic E-state index is -4.05. The lowest BCUT2D eigenvalue weighted by atomic mass is 10.2. The second-order valence-corrected chi connectivity index (χ2v) is 8.41. The van der Waals surface area contributed by atoms with Crippen LogP contribution in [0.4, 0.5) is 8.78 Å². The zero-order valence-corrected chi connectivity index (χ0v) is 16.5. The molecule has 3 rings (SSSR count). The summed E-state index contributed by atoms with van der Waals surface area (Å²) >= 11 is 0. The lowest BCUT2D eigenvalue weighted by Gasteiger charge is -2.16. The number of benzene rings is 2. The first-order valence-corrected chi connectivity index (χ1v) is 10.5. The second kappa shape index (κ2) is 9.18. The molecule has 2 N–H and O–H groups in total. The minimum absolute atomic E-state index is 0.145. The monoisotopic (exact) mass is 439 g/mol. The normalized spacial score (nSPS) is 14.3. The molecule has 0 aromatic heterocycles. The molecule has 1 fully saturated rings. The molecule has 8 nitrogen and oxygen atoms in total. The van der Waals surface area contributed by atoms with Gasteiger partial charge in [0.1, 0.15) is 22.3 Å². The molecule has 0 radical (unpaired) electrons. The van der Waals surface area contributed by atoms with Crippen molar-refractivity contribution in [3.63, 3.8) is 0 Å². The van der Waals surface area contributed by atoms with Crippen molar-refractivity contribution in [1.82, 2.24) is 15.2 Å². The van der Waals surface area contributed by atoms with E-state index in [0.717, 1.165) is 30.3 Å². The molecule has 160 valence electrons. The van der Waals surface area contributed by atoms with Gasteiger partial charge in [0.15, 0.2) is 6.61 Å². The smallest absolute Gasteiger partial charge is 0.276 e. The number of halogens is 2. The van der Waals surface area contributed by atoms with Crippen LogP contribution in [0.1, 0.15) is 23.2 Å². The molecule has 30 heavy (non-hydrogen) atoms. The zero-order valence-electron chi connectivity index (χ0n) is 15.7. The number of hydrogen-bond donors (Lipinski definition) is 2. The number of hydrogen-bond acceptors (Lipinski definition) is 5. The van der Waals surface area contributed by atoms with Crippen molar-refractivity contribution in [1.29, 1.82) is 0 Å². The van der Waals surface area contributed by atoms with E-state index in [1.54, 1.807) is 0 Å². The molecule has 2 amide bonds. The minimum Gasteiger partial charge on any atom is -0.484 e. The van der Waals surface area contributed by atoms with E-state index in [0.29, 0.717) is 25.9 Å². The number of amides is 2. The van der Waals surface area contributed by atoms with E-state index in [2.05, 4.69) is 10.9 Å². The van der Waals surface area contributed by atoms with Gasteiger partial charge in [-0.05, 0) is 55.3 Å². The van der Waals surface area contributed by atoms with Crippen molar-refractivity contribution in [2.24, 2.45) is 0 Å². The average molecular weight is 439 g/mol. The molecule has 0 unspecified atom stereocenters. The first-order valence-electron chi connectivity index (χ1n) is 9.04. The Morgan fingerprint density at radius 2 is 1.67 bits per heavy atom. The Morgan fingerprint density at radius 1 is 1.00 bits per heavy atom. The van der Waals surface area contributed by atoms with Crippen LogP contribution < -0.4 is 15.6 Å². The van der Waals surface area contributed by atoms with Crippen LogP contribution in [0.25, 0.3) is 0 Å². The summed E-state index contributed by atoms with van der Waals surface area (Å²) in [5, 5.41) is 0. The Kier molecular flexibility index (Phi) is 6.63. The predicted octanol–water partition coefficient (Wildman–Crippen LogP) is 1.59. The van der Waals surface area contributed by atoms with E-state index in [1.807, 2.05) is 0 Å². The molecule has 1 saturated heterocycles. The zero-order chi connectivity index (χ0) is 21.7. The van der Waals surface area contributed by atoms with E-state index in [1.165, 1.54) is 16.4 Å². The standard InChI is InChI=1S/C19H19F2N3O5S/c20-14-4-6-15(7-5-14)29-12-18(25)22-23-19(26)13-3-8-16(21)17(11-13)30(27,28)24-9-1-2-10-24/h3-8,11H,1-2,9-10,12H2,(H,22,25)(H,23,26).